The van der Waals surface area contributed by atoms with Gasteiger partial charge in [-0.05, 0) is 24.6 Å². The molecule has 7 nitrogen and oxygen atoms in total. The van der Waals surface area contributed by atoms with Crippen LogP contribution in [0.2, 0.25) is 0 Å². The van der Waals surface area contributed by atoms with E-state index in [2.05, 4.69) is 19.7 Å². The molecule has 0 saturated carbocycles. The molecule has 0 unspecified atom stereocenters. The third-order valence-corrected chi connectivity index (χ3v) is 4.35. The average molecular weight is 323 g/mol. The number of rotatable bonds is 7. The first kappa shape index (κ1) is 16.2. The Labute approximate surface area is 128 Å². The molecule has 118 valence electrons. The van der Waals surface area contributed by atoms with Gasteiger partial charge in [-0.3, -0.25) is 4.79 Å². The smallest absolute Gasteiger partial charge is 0.277 e. The number of hydrogen-bond acceptors (Lipinski definition) is 5. The lowest BCUT2D eigenvalue weighted by Gasteiger charge is -2.08. The minimum absolute atomic E-state index is 0.0987. The molecule has 2 rings (SSSR count). The van der Waals surface area contributed by atoms with E-state index in [-0.39, 0.29) is 10.6 Å². The largest absolute Gasteiger partial charge is 0.364 e. The molecule has 0 aliphatic heterocycles. The van der Waals surface area contributed by atoms with Crippen LogP contribution < -0.4 is 10.0 Å². The summed E-state index contributed by atoms with van der Waals surface area (Å²) in [6.45, 7) is 2.36. The predicted octanol–water partition coefficient (Wildman–Crippen LogP) is 2.01. The van der Waals surface area contributed by atoms with Crippen molar-refractivity contribution >= 4 is 21.6 Å². The number of carbonyl (C=O) groups excluding carboxylic acids is 1. The first-order chi connectivity index (χ1) is 10.5. The zero-order chi connectivity index (χ0) is 16.0. The van der Waals surface area contributed by atoms with E-state index < -0.39 is 15.9 Å². The Morgan fingerprint density at radius 3 is 2.82 bits per heavy atom. The fraction of sp³-hybridized carbons (Fsp3) is 0.286. The van der Waals surface area contributed by atoms with Crippen molar-refractivity contribution in [2.24, 2.45) is 0 Å². The van der Waals surface area contributed by atoms with Gasteiger partial charge in [0, 0.05) is 18.3 Å². The summed E-state index contributed by atoms with van der Waals surface area (Å²) < 4.78 is 31.4. The number of anilines is 1. The van der Waals surface area contributed by atoms with Gasteiger partial charge in [0.05, 0.1) is 4.90 Å². The minimum atomic E-state index is -3.58. The highest BCUT2D eigenvalue weighted by atomic mass is 32.2. The summed E-state index contributed by atoms with van der Waals surface area (Å²) in [7, 11) is -3.58. The summed E-state index contributed by atoms with van der Waals surface area (Å²) >= 11 is 0. The number of hydrogen-bond donors (Lipinski definition) is 2. The van der Waals surface area contributed by atoms with Gasteiger partial charge in [-0.1, -0.05) is 24.6 Å². The van der Waals surface area contributed by atoms with Gasteiger partial charge in [0.25, 0.3) is 5.91 Å². The fourth-order valence-corrected chi connectivity index (χ4v) is 2.85. The van der Waals surface area contributed by atoms with Gasteiger partial charge in [0.2, 0.25) is 10.0 Å². The summed E-state index contributed by atoms with van der Waals surface area (Å²) in [6, 6.07) is 7.45. The molecule has 1 aromatic carbocycles. The Balaban J connectivity index is 2.11. The van der Waals surface area contributed by atoms with Crippen molar-refractivity contribution in [1.82, 2.24) is 9.88 Å². The molecule has 1 amide bonds. The van der Waals surface area contributed by atoms with Crippen molar-refractivity contribution in [3.8, 4) is 0 Å². The molecule has 0 atom stereocenters. The summed E-state index contributed by atoms with van der Waals surface area (Å²) in [5.41, 5.74) is 0.487. The molecule has 2 N–H and O–H groups in total. The highest BCUT2D eigenvalue weighted by Gasteiger charge is 2.15. The van der Waals surface area contributed by atoms with Crippen LogP contribution in [0.1, 0.15) is 30.3 Å². The first-order valence-corrected chi connectivity index (χ1v) is 8.32. The van der Waals surface area contributed by atoms with Crippen LogP contribution in [0.15, 0.2) is 46.0 Å². The second-order valence-electron chi connectivity index (χ2n) is 4.62. The van der Waals surface area contributed by atoms with E-state index in [0.717, 1.165) is 12.8 Å². The van der Waals surface area contributed by atoms with E-state index in [1.165, 1.54) is 24.5 Å². The molecule has 0 aliphatic carbocycles. The maximum absolute atomic E-state index is 12.1. The zero-order valence-electron chi connectivity index (χ0n) is 12.1. The van der Waals surface area contributed by atoms with Crippen LogP contribution in [0.3, 0.4) is 0 Å². The van der Waals surface area contributed by atoms with Crippen LogP contribution in [-0.2, 0) is 10.0 Å². The molecule has 0 fully saturated rings. The second kappa shape index (κ2) is 7.19. The summed E-state index contributed by atoms with van der Waals surface area (Å²) in [4.78, 5) is 11.9. The molecule has 0 aliphatic rings. The molecule has 0 spiro atoms. The quantitative estimate of drug-likeness (QED) is 0.759. The van der Waals surface area contributed by atoms with Crippen molar-refractivity contribution in [3.05, 3.63) is 42.3 Å². The Kier molecular flexibility index (Phi) is 5.29. The molecule has 1 aromatic heterocycles. The van der Waals surface area contributed by atoms with Crippen LogP contribution in [0.4, 0.5) is 5.69 Å². The highest BCUT2D eigenvalue weighted by Crippen LogP contribution is 2.16. The Morgan fingerprint density at radius 1 is 1.32 bits per heavy atom. The topological polar surface area (TPSA) is 101 Å². The first-order valence-electron chi connectivity index (χ1n) is 6.84. The number of carbonyl (C=O) groups is 1. The third kappa shape index (κ3) is 4.15. The molecule has 0 bridgehead atoms. The van der Waals surface area contributed by atoms with Crippen LogP contribution >= 0.6 is 0 Å². The van der Waals surface area contributed by atoms with Crippen molar-refractivity contribution in [2.75, 3.05) is 11.9 Å². The van der Waals surface area contributed by atoms with Gasteiger partial charge >= 0.3 is 0 Å². The molecule has 0 radical (unpaired) electrons. The number of unbranched alkanes of at least 4 members (excludes halogenated alkanes) is 1. The van der Waals surface area contributed by atoms with Crippen LogP contribution in [0.25, 0.3) is 0 Å². The van der Waals surface area contributed by atoms with E-state index in [9.17, 15) is 13.2 Å². The van der Waals surface area contributed by atoms with E-state index in [1.54, 1.807) is 12.1 Å². The monoisotopic (exact) mass is 323 g/mol. The third-order valence-electron chi connectivity index (χ3n) is 2.90. The Bertz CT molecular complexity index is 726. The van der Waals surface area contributed by atoms with Crippen molar-refractivity contribution in [1.29, 1.82) is 0 Å². The molecule has 0 saturated heterocycles. The lowest BCUT2D eigenvalue weighted by Crippen LogP contribution is -2.24. The summed E-state index contributed by atoms with van der Waals surface area (Å²) in [6.07, 6.45) is 2.95. The van der Waals surface area contributed by atoms with E-state index >= 15 is 0 Å². The SMILES string of the molecule is CCCCNS(=O)(=O)c1cccc(NC(=O)c2ccon2)c1. The van der Waals surface area contributed by atoms with Gasteiger partial charge < -0.3 is 9.84 Å². The average Bonchev–Trinajstić information content (AvgIpc) is 3.02. The molecular formula is C14H17N3O4S. The molecular weight excluding hydrogens is 306 g/mol. The Morgan fingerprint density at radius 2 is 2.14 bits per heavy atom. The van der Waals surface area contributed by atoms with Crippen LogP contribution in [-0.4, -0.2) is 26.0 Å². The van der Waals surface area contributed by atoms with Crippen molar-refractivity contribution in [2.45, 2.75) is 24.7 Å². The molecule has 2 aromatic rings. The number of amides is 1. The zero-order valence-corrected chi connectivity index (χ0v) is 12.9. The summed E-state index contributed by atoms with van der Waals surface area (Å²) in [5.74, 6) is -0.470. The maximum atomic E-state index is 12.1. The number of sulfonamides is 1. The normalized spacial score (nSPS) is 11.3. The van der Waals surface area contributed by atoms with E-state index in [4.69, 9.17) is 0 Å². The highest BCUT2D eigenvalue weighted by molar-refractivity contribution is 7.89. The van der Waals surface area contributed by atoms with Gasteiger partial charge in [-0.15, -0.1) is 0 Å². The minimum Gasteiger partial charge on any atom is -0.364 e. The molecule has 22 heavy (non-hydrogen) atoms. The second-order valence-corrected chi connectivity index (χ2v) is 6.38. The van der Waals surface area contributed by atoms with Gasteiger partial charge in [0.15, 0.2) is 5.69 Å². The van der Waals surface area contributed by atoms with Crippen LogP contribution in [0.5, 0.6) is 0 Å². The lowest BCUT2D eigenvalue weighted by molar-refractivity contribution is 0.101. The van der Waals surface area contributed by atoms with Gasteiger partial charge in [0.1, 0.15) is 6.26 Å². The summed E-state index contributed by atoms with van der Waals surface area (Å²) in [5, 5.41) is 6.09. The lowest BCUT2D eigenvalue weighted by atomic mass is 10.3. The van der Waals surface area contributed by atoms with Gasteiger partial charge in [-0.25, -0.2) is 13.1 Å². The molecule has 8 heteroatoms. The number of benzene rings is 1. The van der Waals surface area contributed by atoms with Crippen molar-refractivity contribution in [3.63, 3.8) is 0 Å². The Hall–Kier alpha value is -2.19. The molecule has 1 heterocycles. The maximum Gasteiger partial charge on any atom is 0.277 e. The van der Waals surface area contributed by atoms with E-state index in [1.807, 2.05) is 6.92 Å². The van der Waals surface area contributed by atoms with E-state index in [0.29, 0.717) is 12.2 Å². The number of nitrogens with zero attached hydrogens (tertiary/aromatic N) is 1. The predicted molar refractivity (Wildman–Crippen MR) is 81.0 cm³/mol. The standard InChI is InChI=1S/C14H17N3O4S/c1-2-3-8-15-22(19,20)12-6-4-5-11(10-12)16-14(18)13-7-9-21-17-13/h4-7,9-10,15H,2-3,8H2,1H3,(H,16,18). The number of aromatic nitrogens is 1. The van der Waals surface area contributed by atoms with Crippen molar-refractivity contribution < 1.29 is 17.7 Å². The number of nitrogens with one attached hydrogen (secondary N) is 2. The van der Waals surface area contributed by atoms with Crippen LogP contribution in [0, 0.1) is 0 Å². The fourth-order valence-electron chi connectivity index (χ4n) is 1.73. The van der Waals surface area contributed by atoms with Gasteiger partial charge in [-0.2, -0.15) is 0 Å².